The van der Waals surface area contributed by atoms with E-state index in [9.17, 15) is 0 Å². The highest BCUT2D eigenvalue weighted by Crippen LogP contribution is 2.15. The molecule has 0 aromatic rings. The van der Waals surface area contributed by atoms with Crippen LogP contribution in [0, 0.1) is 5.92 Å². The van der Waals surface area contributed by atoms with Gasteiger partial charge in [-0.3, -0.25) is 4.99 Å². The molecule has 0 radical (unpaired) electrons. The number of likely N-dealkylation sites (tertiary alicyclic amines) is 1. The molecule has 2 N–H and O–H groups in total. The zero-order valence-electron chi connectivity index (χ0n) is 17.5. The number of nitrogens with zero attached hydrogens (tertiary/aromatic N) is 4. The molecule has 0 amide bonds. The molecular formula is C20H42N6. The van der Waals surface area contributed by atoms with E-state index in [2.05, 4.69) is 44.3 Å². The van der Waals surface area contributed by atoms with Crippen molar-refractivity contribution in [3.63, 3.8) is 0 Å². The first kappa shape index (κ1) is 21.5. The molecule has 2 rings (SSSR count). The second-order valence-electron chi connectivity index (χ2n) is 8.16. The van der Waals surface area contributed by atoms with Crippen LogP contribution in [0.4, 0.5) is 0 Å². The molecule has 0 spiro atoms. The van der Waals surface area contributed by atoms with Gasteiger partial charge in [-0.2, -0.15) is 0 Å². The average Bonchev–Trinajstić information content (AvgIpc) is 2.66. The maximum absolute atomic E-state index is 4.34. The number of hydrogen-bond acceptors (Lipinski definition) is 4. The third kappa shape index (κ3) is 8.69. The van der Waals surface area contributed by atoms with Gasteiger partial charge in [0.1, 0.15) is 0 Å². The van der Waals surface area contributed by atoms with Gasteiger partial charge in [0.25, 0.3) is 0 Å². The molecule has 26 heavy (non-hydrogen) atoms. The Labute approximate surface area is 161 Å². The SMILES string of the molecule is CN=C(NCCCCN1CCN(C)CC1)NCCCN1CCC(C)CC1. The lowest BCUT2D eigenvalue weighted by molar-refractivity contribution is 0.152. The third-order valence-corrected chi connectivity index (χ3v) is 5.83. The number of nitrogens with one attached hydrogen (secondary N) is 2. The second kappa shape index (κ2) is 12.5. The highest BCUT2D eigenvalue weighted by molar-refractivity contribution is 5.79. The van der Waals surface area contributed by atoms with Crippen molar-refractivity contribution >= 4 is 5.96 Å². The molecule has 0 unspecified atom stereocenters. The van der Waals surface area contributed by atoms with Crippen molar-refractivity contribution in [1.82, 2.24) is 25.3 Å². The van der Waals surface area contributed by atoms with E-state index in [0.29, 0.717) is 0 Å². The molecular weight excluding hydrogens is 324 g/mol. The van der Waals surface area contributed by atoms with Crippen LogP contribution < -0.4 is 10.6 Å². The largest absolute Gasteiger partial charge is 0.356 e. The first-order chi connectivity index (χ1) is 12.7. The van der Waals surface area contributed by atoms with E-state index in [1.165, 1.54) is 84.5 Å². The quantitative estimate of drug-likeness (QED) is 0.366. The summed E-state index contributed by atoms with van der Waals surface area (Å²) in [6, 6.07) is 0. The molecule has 0 aromatic carbocycles. The Morgan fingerprint density at radius 3 is 2.08 bits per heavy atom. The molecule has 2 heterocycles. The third-order valence-electron chi connectivity index (χ3n) is 5.83. The number of unbranched alkanes of at least 4 members (excludes halogenated alkanes) is 1. The molecule has 6 nitrogen and oxygen atoms in total. The van der Waals surface area contributed by atoms with E-state index < -0.39 is 0 Å². The Morgan fingerprint density at radius 1 is 0.846 bits per heavy atom. The molecule has 152 valence electrons. The predicted molar refractivity (Wildman–Crippen MR) is 112 cm³/mol. The van der Waals surface area contributed by atoms with Crippen LogP contribution in [0.25, 0.3) is 0 Å². The van der Waals surface area contributed by atoms with Crippen molar-refractivity contribution in [2.45, 2.75) is 39.0 Å². The highest BCUT2D eigenvalue weighted by Gasteiger charge is 2.15. The highest BCUT2D eigenvalue weighted by atomic mass is 15.2. The fourth-order valence-corrected chi connectivity index (χ4v) is 3.75. The maximum Gasteiger partial charge on any atom is 0.190 e. The summed E-state index contributed by atoms with van der Waals surface area (Å²) in [7, 11) is 4.08. The van der Waals surface area contributed by atoms with E-state index in [1.807, 2.05) is 7.05 Å². The molecule has 2 aliphatic heterocycles. The summed E-state index contributed by atoms with van der Waals surface area (Å²) in [4.78, 5) is 12.0. The Balaban J connectivity index is 1.44. The Bertz CT molecular complexity index is 384. The summed E-state index contributed by atoms with van der Waals surface area (Å²) in [5, 5.41) is 6.92. The summed E-state index contributed by atoms with van der Waals surface area (Å²) in [6.45, 7) is 14.3. The average molecular weight is 367 g/mol. The minimum Gasteiger partial charge on any atom is -0.356 e. The van der Waals surface area contributed by atoms with Crippen LogP contribution in [0.15, 0.2) is 4.99 Å². The molecule has 2 fully saturated rings. The number of aliphatic imine (C=N–C) groups is 1. The van der Waals surface area contributed by atoms with Crippen LogP contribution in [-0.4, -0.2) is 100 Å². The fraction of sp³-hybridized carbons (Fsp3) is 0.950. The van der Waals surface area contributed by atoms with Crippen molar-refractivity contribution in [2.75, 3.05) is 79.5 Å². The fourth-order valence-electron chi connectivity index (χ4n) is 3.75. The lowest BCUT2D eigenvalue weighted by Gasteiger charge is -2.32. The van der Waals surface area contributed by atoms with Gasteiger partial charge in [-0.15, -0.1) is 0 Å². The molecule has 0 bridgehead atoms. The van der Waals surface area contributed by atoms with Crippen molar-refractivity contribution in [1.29, 1.82) is 0 Å². The molecule has 6 heteroatoms. The molecule has 0 atom stereocenters. The van der Waals surface area contributed by atoms with E-state index in [-0.39, 0.29) is 0 Å². The van der Waals surface area contributed by atoms with Gasteiger partial charge in [0.05, 0.1) is 0 Å². The van der Waals surface area contributed by atoms with Gasteiger partial charge in [-0.25, -0.2) is 0 Å². The Kier molecular flexibility index (Phi) is 10.3. The predicted octanol–water partition coefficient (Wildman–Crippen LogP) is 1.30. The number of likely N-dealkylation sites (N-methyl/N-ethyl adjacent to an activating group) is 1. The van der Waals surface area contributed by atoms with Crippen LogP contribution >= 0.6 is 0 Å². The number of piperidine rings is 1. The molecule has 0 aromatic heterocycles. The smallest absolute Gasteiger partial charge is 0.190 e. The van der Waals surface area contributed by atoms with Crippen molar-refractivity contribution in [3.05, 3.63) is 0 Å². The Hall–Kier alpha value is -0.850. The topological polar surface area (TPSA) is 46.1 Å². The van der Waals surface area contributed by atoms with Crippen molar-refractivity contribution < 1.29 is 0 Å². The van der Waals surface area contributed by atoms with Gasteiger partial charge in [0.15, 0.2) is 5.96 Å². The van der Waals surface area contributed by atoms with E-state index in [0.717, 1.165) is 25.0 Å². The van der Waals surface area contributed by atoms with E-state index in [4.69, 9.17) is 0 Å². The molecule has 2 saturated heterocycles. The van der Waals surface area contributed by atoms with Crippen LogP contribution in [0.2, 0.25) is 0 Å². The normalized spacial score (nSPS) is 21.9. The van der Waals surface area contributed by atoms with Gasteiger partial charge in [-0.1, -0.05) is 6.92 Å². The summed E-state index contributed by atoms with van der Waals surface area (Å²) in [5.74, 6) is 1.88. The minimum absolute atomic E-state index is 0.920. The first-order valence-electron chi connectivity index (χ1n) is 10.7. The van der Waals surface area contributed by atoms with Crippen LogP contribution in [-0.2, 0) is 0 Å². The monoisotopic (exact) mass is 366 g/mol. The van der Waals surface area contributed by atoms with Gasteiger partial charge < -0.3 is 25.3 Å². The Morgan fingerprint density at radius 2 is 1.42 bits per heavy atom. The minimum atomic E-state index is 0.920. The zero-order valence-corrected chi connectivity index (χ0v) is 17.5. The first-order valence-corrected chi connectivity index (χ1v) is 10.7. The van der Waals surface area contributed by atoms with Crippen LogP contribution in [0.1, 0.15) is 39.0 Å². The van der Waals surface area contributed by atoms with Crippen molar-refractivity contribution in [2.24, 2.45) is 10.9 Å². The summed E-state index contributed by atoms with van der Waals surface area (Å²) in [6.07, 6.45) is 6.40. The standard InChI is InChI=1S/C20H42N6/c1-19-7-13-25(14-8-19)12-6-10-23-20(21-2)22-9-4-5-11-26-17-15-24(3)16-18-26/h19H,4-18H2,1-3H3,(H2,21,22,23). The molecule has 0 aliphatic carbocycles. The number of guanidine groups is 1. The maximum atomic E-state index is 4.34. The van der Waals surface area contributed by atoms with Crippen LogP contribution in [0.5, 0.6) is 0 Å². The van der Waals surface area contributed by atoms with E-state index >= 15 is 0 Å². The van der Waals surface area contributed by atoms with Gasteiger partial charge in [-0.05, 0) is 71.2 Å². The lowest BCUT2D eigenvalue weighted by atomic mass is 9.99. The van der Waals surface area contributed by atoms with Gasteiger partial charge in [0, 0.05) is 46.3 Å². The van der Waals surface area contributed by atoms with Gasteiger partial charge in [0.2, 0.25) is 0 Å². The number of piperazine rings is 1. The zero-order chi connectivity index (χ0) is 18.6. The second-order valence-corrected chi connectivity index (χ2v) is 8.16. The van der Waals surface area contributed by atoms with Gasteiger partial charge >= 0.3 is 0 Å². The summed E-state index contributed by atoms with van der Waals surface area (Å²) in [5.41, 5.74) is 0. The van der Waals surface area contributed by atoms with Crippen LogP contribution in [0.3, 0.4) is 0 Å². The molecule has 2 aliphatic rings. The molecule has 0 saturated carbocycles. The number of hydrogen-bond donors (Lipinski definition) is 2. The lowest BCUT2D eigenvalue weighted by Crippen LogP contribution is -2.44. The number of rotatable bonds is 9. The summed E-state index contributed by atoms with van der Waals surface area (Å²) >= 11 is 0. The van der Waals surface area contributed by atoms with Crippen molar-refractivity contribution in [3.8, 4) is 0 Å². The summed E-state index contributed by atoms with van der Waals surface area (Å²) < 4.78 is 0. The van der Waals surface area contributed by atoms with E-state index in [1.54, 1.807) is 0 Å².